The van der Waals surface area contributed by atoms with Gasteiger partial charge in [0.1, 0.15) is 0 Å². The first-order chi connectivity index (χ1) is 7.13. The smallest absolute Gasteiger partial charge is 0.306 e. The van der Waals surface area contributed by atoms with E-state index < -0.39 is 5.97 Å². The third-order valence-corrected chi connectivity index (χ3v) is 2.74. The highest BCUT2D eigenvalue weighted by Crippen LogP contribution is 2.24. The van der Waals surface area contributed by atoms with Gasteiger partial charge in [0.25, 0.3) is 0 Å². The van der Waals surface area contributed by atoms with Crippen LogP contribution in [0.5, 0.6) is 0 Å². The fourth-order valence-electron chi connectivity index (χ4n) is 1.89. The van der Waals surface area contributed by atoms with Crippen molar-refractivity contribution in [2.75, 3.05) is 0 Å². The molecule has 0 spiro atoms. The van der Waals surface area contributed by atoms with E-state index in [1.54, 1.807) is 13.0 Å². The minimum Gasteiger partial charge on any atom is -0.481 e. The summed E-state index contributed by atoms with van der Waals surface area (Å²) < 4.78 is 0. The topological polar surface area (TPSA) is 66.4 Å². The van der Waals surface area contributed by atoms with Crippen molar-refractivity contribution in [3.05, 3.63) is 12.2 Å². The molecule has 0 unspecified atom stereocenters. The zero-order valence-corrected chi connectivity index (χ0v) is 8.90. The molecule has 1 aliphatic rings. The molecule has 4 nitrogen and oxygen atoms in total. The van der Waals surface area contributed by atoms with E-state index in [0.29, 0.717) is 12.8 Å². The van der Waals surface area contributed by atoms with Crippen molar-refractivity contribution in [2.24, 2.45) is 5.92 Å². The van der Waals surface area contributed by atoms with Crippen LogP contribution in [0.4, 0.5) is 0 Å². The van der Waals surface area contributed by atoms with Crippen LogP contribution in [-0.4, -0.2) is 23.0 Å². The first-order valence-electron chi connectivity index (χ1n) is 5.29. The van der Waals surface area contributed by atoms with Crippen LogP contribution >= 0.6 is 0 Å². The fraction of sp³-hybridized carbons (Fsp3) is 0.636. The number of nitrogens with one attached hydrogen (secondary N) is 1. The summed E-state index contributed by atoms with van der Waals surface area (Å²) >= 11 is 0. The third kappa shape index (κ3) is 3.73. The predicted molar refractivity (Wildman–Crippen MR) is 56.3 cm³/mol. The minimum atomic E-state index is -0.715. The second-order valence-electron chi connectivity index (χ2n) is 3.90. The molecule has 1 saturated carbocycles. The second-order valence-corrected chi connectivity index (χ2v) is 3.90. The average molecular weight is 211 g/mol. The molecule has 0 saturated heterocycles. The highest BCUT2D eigenvalue weighted by Gasteiger charge is 2.26. The van der Waals surface area contributed by atoms with Crippen LogP contribution in [0, 0.1) is 5.92 Å². The van der Waals surface area contributed by atoms with Crippen LogP contribution in [0.1, 0.15) is 32.6 Å². The van der Waals surface area contributed by atoms with Crippen molar-refractivity contribution in [1.82, 2.24) is 5.32 Å². The first-order valence-corrected chi connectivity index (χ1v) is 5.29. The van der Waals surface area contributed by atoms with Crippen LogP contribution < -0.4 is 5.32 Å². The fourth-order valence-corrected chi connectivity index (χ4v) is 1.89. The van der Waals surface area contributed by atoms with Crippen molar-refractivity contribution in [3.63, 3.8) is 0 Å². The molecule has 1 aliphatic carbocycles. The highest BCUT2D eigenvalue weighted by molar-refractivity contribution is 5.87. The summed E-state index contributed by atoms with van der Waals surface area (Å²) in [6.07, 6.45) is 6.04. The maximum atomic E-state index is 11.2. The van der Waals surface area contributed by atoms with Gasteiger partial charge in [-0.2, -0.15) is 0 Å². The average Bonchev–Trinajstić information content (AvgIpc) is 2.18. The number of carboxylic acid groups (broad SMARTS) is 1. The van der Waals surface area contributed by atoms with Crippen LogP contribution in [0.15, 0.2) is 12.2 Å². The molecule has 0 aliphatic heterocycles. The molecule has 0 radical (unpaired) electrons. The molecule has 2 N–H and O–H groups in total. The number of carboxylic acids is 1. The molecule has 15 heavy (non-hydrogen) atoms. The number of amides is 1. The molecule has 0 atom stereocenters. The molecule has 1 amide bonds. The lowest BCUT2D eigenvalue weighted by Gasteiger charge is -2.26. The maximum Gasteiger partial charge on any atom is 0.306 e. The molecule has 84 valence electrons. The Morgan fingerprint density at radius 1 is 1.27 bits per heavy atom. The molecule has 4 heteroatoms. The lowest BCUT2D eigenvalue weighted by atomic mass is 9.86. The minimum absolute atomic E-state index is 0.0868. The van der Waals surface area contributed by atoms with E-state index >= 15 is 0 Å². The largest absolute Gasteiger partial charge is 0.481 e. The summed E-state index contributed by atoms with van der Waals surface area (Å²) in [5.41, 5.74) is 0. The third-order valence-electron chi connectivity index (χ3n) is 2.74. The van der Waals surface area contributed by atoms with Gasteiger partial charge in [-0.3, -0.25) is 9.59 Å². The normalized spacial score (nSPS) is 26.5. The van der Waals surface area contributed by atoms with E-state index in [1.165, 1.54) is 6.08 Å². The molecular formula is C11H17NO3. The van der Waals surface area contributed by atoms with Gasteiger partial charge in [-0.05, 0) is 38.7 Å². The monoisotopic (exact) mass is 211 g/mol. The SMILES string of the molecule is C/C=C/C(=O)NC1CCC(C(=O)O)CC1. The lowest BCUT2D eigenvalue weighted by Crippen LogP contribution is -2.37. The number of carbonyl (C=O) groups is 2. The Kier molecular flexibility index (Phi) is 4.34. The van der Waals surface area contributed by atoms with E-state index in [1.807, 2.05) is 0 Å². The van der Waals surface area contributed by atoms with Crippen molar-refractivity contribution < 1.29 is 14.7 Å². The molecular weight excluding hydrogens is 194 g/mol. The van der Waals surface area contributed by atoms with Crippen LogP contribution in [-0.2, 0) is 9.59 Å². The first kappa shape index (κ1) is 11.8. The molecule has 0 bridgehead atoms. The van der Waals surface area contributed by atoms with E-state index in [9.17, 15) is 9.59 Å². The van der Waals surface area contributed by atoms with Gasteiger partial charge in [-0.1, -0.05) is 6.08 Å². The summed E-state index contributed by atoms with van der Waals surface area (Å²) in [6.45, 7) is 1.79. The van der Waals surface area contributed by atoms with Gasteiger partial charge in [-0.15, -0.1) is 0 Å². The summed E-state index contributed by atoms with van der Waals surface area (Å²) in [7, 11) is 0. The van der Waals surface area contributed by atoms with E-state index in [4.69, 9.17) is 5.11 Å². The van der Waals surface area contributed by atoms with Crippen LogP contribution in [0.2, 0.25) is 0 Å². The Labute approximate surface area is 89.4 Å². The zero-order valence-electron chi connectivity index (χ0n) is 8.90. The Morgan fingerprint density at radius 3 is 2.33 bits per heavy atom. The van der Waals surface area contributed by atoms with Crippen LogP contribution in [0.25, 0.3) is 0 Å². The van der Waals surface area contributed by atoms with E-state index in [2.05, 4.69) is 5.32 Å². The van der Waals surface area contributed by atoms with Crippen molar-refractivity contribution in [3.8, 4) is 0 Å². The highest BCUT2D eigenvalue weighted by atomic mass is 16.4. The molecule has 1 fully saturated rings. The van der Waals surface area contributed by atoms with Crippen molar-refractivity contribution in [2.45, 2.75) is 38.6 Å². The van der Waals surface area contributed by atoms with Crippen LogP contribution in [0.3, 0.4) is 0 Å². The molecule has 0 aromatic carbocycles. The number of hydrogen-bond donors (Lipinski definition) is 2. The van der Waals surface area contributed by atoms with Gasteiger partial charge < -0.3 is 10.4 Å². The van der Waals surface area contributed by atoms with Gasteiger partial charge in [-0.25, -0.2) is 0 Å². The summed E-state index contributed by atoms with van der Waals surface area (Å²) in [6, 6.07) is 0.143. The number of allylic oxidation sites excluding steroid dienone is 1. The Morgan fingerprint density at radius 2 is 1.87 bits per heavy atom. The number of carbonyl (C=O) groups excluding carboxylic acids is 1. The molecule has 0 aromatic rings. The van der Waals surface area contributed by atoms with Gasteiger partial charge in [0, 0.05) is 6.04 Å². The molecule has 1 rings (SSSR count). The van der Waals surface area contributed by atoms with Crippen molar-refractivity contribution in [1.29, 1.82) is 0 Å². The van der Waals surface area contributed by atoms with Gasteiger partial charge in [0.05, 0.1) is 5.92 Å². The van der Waals surface area contributed by atoms with Gasteiger partial charge in [0.2, 0.25) is 5.91 Å². The van der Waals surface area contributed by atoms with E-state index in [0.717, 1.165) is 12.8 Å². The Balaban J connectivity index is 2.31. The standard InChI is InChI=1S/C11H17NO3/c1-2-3-10(13)12-9-6-4-8(5-7-9)11(14)15/h2-3,8-9H,4-7H2,1H3,(H,12,13)(H,14,15)/b3-2+. The maximum absolute atomic E-state index is 11.2. The number of rotatable bonds is 3. The van der Waals surface area contributed by atoms with Crippen molar-refractivity contribution >= 4 is 11.9 Å². The predicted octanol–water partition coefficient (Wildman–Crippen LogP) is 1.32. The Hall–Kier alpha value is -1.32. The summed E-state index contributed by atoms with van der Waals surface area (Å²) in [5, 5.41) is 11.7. The van der Waals surface area contributed by atoms with E-state index in [-0.39, 0.29) is 17.9 Å². The molecule has 0 heterocycles. The zero-order chi connectivity index (χ0) is 11.3. The number of aliphatic carboxylic acids is 1. The molecule has 0 aromatic heterocycles. The Bertz CT molecular complexity index is 265. The lowest BCUT2D eigenvalue weighted by molar-refractivity contribution is -0.142. The number of hydrogen-bond acceptors (Lipinski definition) is 2. The van der Waals surface area contributed by atoms with Gasteiger partial charge in [0.15, 0.2) is 0 Å². The summed E-state index contributed by atoms with van der Waals surface area (Å²) in [5.74, 6) is -1.02. The van der Waals surface area contributed by atoms with Gasteiger partial charge >= 0.3 is 5.97 Å². The summed E-state index contributed by atoms with van der Waals surface area (Å²) in [4.78, 5) is 21.9. The second kappa shape index (κ2) is 5.53. The quantitative estimate of drug-likeness (QED) is 0.692.